The first-order valence-electron chi connectivity index (χ1n) is 10.1. The van der Waals surface area contributed by atoms with Crippen molar-refractivity contribution >= 4 is 22.9 Å². The van der Waals surface area contributed by atoms with E-state index in [1.54, 1.807) is 56.7 Å². The molecular weight excluding hydrogens is 396 g/mol. The van der Waals surface area contributed by atoms with Crippen LogP contribution in [0.25, 0.3) is 10.8 Å². The Labute approximate surface area is 180 Å². The molecule has 0 aliphatic heterocycles. The average molecular weight is 422 g/mol. The van der Waals surface area contributed by atoms with Gasteiger partial charge in [-0.1, -0.05) is 38.0 Å². The Kier molecular flexibility index (Phi) is 7.37. The summed E-state index contributed by atoms with van der Waals surface area (Å²) in [6.45, 7) is 2.55. The molecule has 0 aliphatic rings. The van der Waals surface area contributed by atoms with Crippen LogP contribution in [-0.4, -0.2) is 36.1 Å². The molecule has 3 rings (SSSR count). The highest BCUT2D eigenvalue weighted by Gasteiger charge is 2.16. The number of fused-ring (bicyclic) bond motifs is 1. The molecule has 0 atom stereocenters. The van der Waals surface area contributed by atoms with Gasteiger partial charge in [-0.3, -0.25) is 9.59 Å². The zero-order valence-corrected chi connectivity index (χ0v) is 17.9. The summed E-state index contributed by atoms with van der Waals surface area (Å²) in [6.07, 6.45) is 4.32. The third-order valence-electron chi connectivity index (χ3n) is 4.81. The summed E-state index contributed by atoms with van der Waals surface area (Å²) < 4.78 is 11.8. The van der Waals surface area contributed by atoms with Gasteiger partial charge >= 0.3 is 0 Å². The van der Waals surface area contributed by atoms with Crippen LogP contribution in [0.3, 0.4) is 0 Å². The van der Waals surface area contributed by atoms with Gasteiger partial charge in [-0.25, -0.2) is 10.1 Å². The van der Waals surface area contributed by atoms with Gasteiger partial charge in [-0.2, -0.15) is 10.2 Å². The second-order valence-electron chi connectivity index (χ2n) is 6.97. The van der Waals surface area contributed by atoms with Gasteiger partial charge in [0, 0.05) is 23.6 Å². The minimum absolute atomic E-state index is 0.159. The Morgan fingerprint density at radius 3 is 2.42 bits per heavy atom. The lowest BCUT2D eigenvalue weighted by Crippen LogP contribution is -2.29. The van der Waals surface area contributed by atoms with Crippen LogP contribution >= 0.6 is 0 Å². The Morgan fingerprint density at radius 2 is 1.77 bits per heavy atom. The predicted molar refractivity (Wildman–Crippen MR) is 120 cm³/mol. The van der Waals surface area contributed by atoms with Gasteiger partial charge in [0.15, 0.2) is 5.69 Å². The largest absolute Gasteiger partial charge is 0.497 e. The first-order chi connectivity index (χ1) is 15.1. The van der Waals surface area contributed by atoms with Crippen LogP contribution in [0.2, 0.25) is 0 Å². The zero-order chi connectivity index (χ0) is 22.2. The zero-order valence-electron chi connectivity index (χ0n) is 17.9. The summed E-state index contributed by atoms with van der Waals surface area (Å²) in [6, 6.07) is 12.2. The molecule has 8 nitrogen and oxygen atoms in total. The van der Waals surface area contributed by atoms with Crippen LogP contribution < -0.4 is 20.5 Å². The number of carbonyl (C=O) groups is 1. The number of hydrogen-bond acceptors (Lipinski definition) is 6. The third kappa shape index (κ3) is 5.28. The molecule has 0 aliphatic carbocycles. The van der Waals surface area contributed by atoms with E-state index in [1.807, 2.05) is 0 Å². The van der Waals surface area contributed by atoms with E-state index in [4.69, 9.17) is 9.47 Å². The molecule has 2 aromatic carbocycles. The van der Waals surface area contributed by atoms with Crippen molar-refractivity contribution < 1.29 is 14.3 Å². The second kappa shape index (κ2) is 10.4. The highest BCUT2D eigenvalue weighted by atomic mass is 16.5. The minimum atomic E-state index is -0.494. The number of aromatic nitrogens is 2. The number of hydrazone groups is 1. The summed E-state index contributed by atoms with van der Waals surface area (Å²) in [7, 11) is 3.12. The smallest absolute Gasteiger partial charge is 0.292 e. The topological polar surface area (TPSA) is 94.8 Å². The Balaban J connectivity index is 1.87. The number of methoxy groups -OCH3 is 2. The first-order valence-corrected chi connectivity index (χ1v) is 10.1. The normalized spacial score (nSPS) is 11.1. The lowest BCUT2D eigenvalue weighted by atomic mass is 10.1. The number of carbonyl (C=O) groups excluding carboxylic acids is 1. The number of nitrogens with zero attached hydrogens (tertiary/aromatic N) is 3. The number of rotatable bonds is 9. The maximum Gasteiger partial charge on any atom is 0.292 e. The molecule has 1 heterocycles. The van der Waals surface area contributed by atoms with Crippen molar-refractivity contribution in [3.05, 3.63) is 64.1 Å². The molecule has 0 fully saturated rings. The fourth-order valence-corrected chi connectivity index (χ4v) is 3.19. The summed E-state index contributed by atoms with van der Waals surface area (Å²) in [5, 5.41) is 9.33. The van der Waals surface area contributed by atoms with E-state index >= 15 is 0 Å². The van der Waals surface area contributed by atoms with Crippen molar-refractivity contribution in [2.24, 2.45) is 5.10 Å². The summed E-state index contributed by atoms with van der Waals surface area (Å²) in [4.78, 5) is 25.6. The van der Waals surface area contributed by atoms with E-state index < -0.39 is 5.91 Å². The lowest BCUT2D eigenvalue weighted by molar-refractivity contribution is 0.0949. The highest BCUT2D eigenvalue weighted by molar-refractivity contribution is 6.05. The van der Waals surface area contributed by atoms with E-state index in [2.05, 4.69) is 22.5 Å². The van der Waals surface area contributed by atoms with E-state index in [-0.39, 0.29) is 11.3 Å². The number of ether oxygens (including phenoxy) is 2. The van der Waals surface area contributed by atoms with E-state index in [9.17, 15) is 9.59 Å². The van der Waals surface area contributed by atoms with Crippen molar-refractivity contribution in [1.82, 2.24) is 15.2 Å². The minimum Gasteiger partial charge on any atom is -0.497 e. The number of benzene rings is 2. The molecule has 1 N–H and O–H groups in total. The molecule has 0 radical (unpaired) electrons. The fourth-order valence-electron chi connectivity index (χ4n) is 3.19. The molecule has 162 valence electrons. The predicted octanol–water partition coefficient (Wildman–Crippen LogP) is 3.37. The van der Waals surface area contributed by atoms with Crippen LogP contribution in [0.4, 0.5) is 0 Å². The van der Waals surface area contributed by atoms with E-state index in [1.165, 1.54) is 10.9 Å². The van der Waals surface area contributed by atoms with E-state index in [0.717, 1.165) is 19.3 Å². The number of aryl methyl sites for hydroxylation is 1. The van der Waals surface area contributed by atoms with Crippen LogP contribution in [0.1, 0.15) is 42.2 Å². The maximum atomic E-state index is 12.8. The van der Waals surface area contributed by atoms with Crippen LogP contribution in [0.15, 0.2) is 52.4 Å². The van der Waals surface area contributed by atoms with Gasteiger partial charge in [-0.15, -0.1) is 0 Å². The van der Waals surface area contributed by atoms with Gasteiger partial charge in [0.1, 0.15) is 11.5 Å². The Hall–Kier alpha value is -3.68. The van der Waals surface area contributed by atoms with Crippen molar-refractivity contribution in [2.45, 2.75) is 32.7 Å². The number of hydrogen-bond donors (Lipinski definition) is 1. The molecule has 0 spiro atoms. The molecule has 31 heavy (non-hydrogen) atoms. The van der Waals surface area contributed by atoms with Crippen molar-refractivity contribution in [3.63, 3.8) is 0 Å². The molecule has 8 heteroatoms. The van der Waals surface area contributed by atoms with Crippen LogP contribution in [-0.2, 0) is 6.54 Å². The quantitative estimate of drug-likeness (QED) is 0.324. The van der Waals surface area contributed by atoms with Gasteiger partial charge in [0.2, 0.25) is 0 Å². The molecule has 3 aromatic rings. The Morgan fingerprint density at radius 1 is 1.10 bits per heavy atom. The first kappa shape index (κ1) is 22.0. The van der Waals surface area contributed by atoms with Crippen LogP contribution in [0, 0.1) is 0 Å². The third-order valence-corrected chi connectivity index (χ3v) is 4.81. The molecule has 0 saturated heterocycles. The molecule has 1 amide bonds. The summed E-state index contributed by atoms with van der Waals surface area (Å²) in [5.41, 5.74) is 3.15. The monoisotopic (exact) mass is 422 g/mol. The van der Waals surface area contributed by atoms with Crippen LogP contribution in [0.5, 0.6) is 11.5 Å². The average Bonchev–Trinajstić information content (AvgIpc) is 2.80. The number of amides is 1. The number of nitrogens with one attached hydrogen (secondary N) is 1. The van der Waals surface area contributed by atoms with Crippen molar-refractivity contribution in [3.8, 4) is 11.5 Å². The van der Waals surface area contributed by atoms with Gasteiger partial charge < -0.3 is 9.47 Å². The summed E-state index contributed by atoms with van der Waals surface area (Å²) >= 11 is 0. The summed E-state index contributed by atoms with van der Waals surface area (Å²) in [5.74, 6) is 0.726. The maximum absolute atomic E-state index is 12.8. The van der Waals surface area contributed by atoms with Gasteiger partial charge in [0.05, 0.1) is 25.8 Å². The highest BCUT2D eigenvalue weighted by Crippen LogP contribution is 2.21. The number of unbranched alkanes of at least 4 members (excludes halogenated alkanes) is 2. The van der Waals surface area contributed by atoms with Gasteiger partial charge in [0.25, 0.3) is 11.5 Å². The van der Waals surface area contributed by atoms with Gasteiger partial charge in [-0.05, 0) is 24.6 Å². The van der Waals surface area contributed by atoms with E-state index in [0.29, 0.717) is 34.4 Å². The second-order valence-corrected chi connectivity index (χ2v) is 6.97. The van der Waals surface area contributed by atoms with Crippen molar-refractivity contribution in [1.29, 1.82) is 0 Å². The van der Waals surface area contributed by atoms with Crippen molar-refractivity contribution in [2.75, 3.05) is 14.2 Å². The molecular formula is C23H26N4O4. The lowest BCUT2D eigenvalue weighted by Gasteiger charge is -2.10. The SMILES string of the molecule is CCCCCn1nc(C(=O)N/N=C\c2cc(OC)cc(OC)c2)c2ccccc2c1=O. The molecule has 0 bridgehead atoms. The molecule has 1 aromatic heterocycles. The standard InChI is InChI=1S/C23H26N4O4/c1-4-5-8-11-27-23(29)20-10-7-6-9-19(20)21(26-27)22(28)25-24-15-16-12-17(30-2)14-18(13-16)31-3/h6-7,9-10,12-15H,4-5,8,11H2,1-3H3,(H,25,28)/b24-15-. The molecule has 0 unspecified atom stereocenters. The molecule has 0 saturated carbocycles. The Bertz CT molecular complexity index is 1130. The fraction of sp³-hybridized carbons (Fsp3) is 0.304.